The lowest BCUT2D eigenvalue weighted by Crippen LogP contribution is -2.41. The number of carbonyl (C=O) groups is 2. The molecule has 0 aromatic heterocycles. The van der Waals surface area contributed by atoms with E-state index in [0.29, 0.717) is 5.69 Å². The van der Waals surface area contributed by atoms with Gasteiger partial charge in [-0.15, -0.1) is 0 Å². The topological polar surface area (TPSA) is 54.5 Å². The molecule has 7 heteroatoms. The number of rotatable bonds is 1. The Morgan fingerprint density at radius 2 is 1.39 bits per heavy atom. The molecule has 3 aliphatic rings. The van der Waals surface area contributed by atoms with Crippen LogP contribution < -0.4 is 4.90 Å². The number of benzene rings is 1. The molecule has 0 radical (unpaired) electrons. The van der Waals surface area contributed by atoms with Crippen molar-refractivity contribution >= 4 is 60.2 Å². The second-order valence-corrected chi connectivity index (χ2v) is 10.2. The van der Waals surface area contributed by atoms with Crippen LogP contribution in [-0.4, -0.2) is 25.5 Å². The van der Waals surface area contributed by atoms with Crippen LogP contribution in [0.4, 0.5) is 5.69 Å². The van der Waals surface area contributed by atoms with Crippen LogP contribution in [0.2, 0.25) is 0 Å². The second-order valence-electron chi connectivity index (χ2n) is 6.41. The molecule has 4 nitrogen and oxygen atoms in total. The summed E-state index contributed by atoms with van der Waals surface area (Å²) in [4.78, 5) is 27.3. The van der Waals surface area contributed by atoms with Crippen molar-refractivity contribution in [2.45, 2.75) is 23.3 Å². The highest BCUT2D eigenvalue weighted by atomic mass is 79.9. The molecule has 2 amide bonds. The summed E-state index contributed by atoms with van der Waals surface area (Å²) in [6, 6.07) is 8.93. The zero-order valence-electron chi connectivity index (χ0n) is 12.4. The smallest absolute Gasteiger partial charge is 0.239 e. The van der Waals surface area contributed by atoms with E-state index in [1.807, 2.05) is 19.9 Å². The SMILES string of the molecule is C[C@]12C(Br)=C(Br)[C@](C)(C3C(=O)N(c4ccccc4)C(=O)C31)S2=O. The molecular formula is C16H13Br2NO3S. The lowest BCUT2D eigenvalue weighted by molar-refractivity contribution is -0.122. The fraction of sp³-hybridized carbons (Fsp3) is 0.375. The van der Waals surface area contributed by atoms with E-state index in [2.05, 4.69) is 31.9 Å². The third-order valence-electron chi connectivity index (χ3n) is 5.34. The summed E-state index contributed by atoms with van der Waals surface area (Å²) in [5.74, 6) is -1.72. The van der Waals surface area contributed by atoms with E-state index in [9.17, 15) is 13.8 Å². The van der Waals surface area contributed by atoms with Crippen molar-refractivity contribution in [3.8, 4) is 0 Å². The minimum Gasteiger partial charge on any atom is -0.274 e. The van der Waals surface area contributed by atoms with E-state index < -0.39 is 32.1 Å². The molecule has 1 aromatic carbocycles. The molecule has 120 valence electrons. The third kappa shape index (κ3) is 1.54. The standard InChI is InChI=1S/C16H13Br2NO3S/c1-15-9-10(16(2,23(15)22)12(18)11(15)17)14(21)19(13(9)20)8-6-4-3-5-7-8/h3-7,9-10H,1-2H3/t9?,10?,15-,16+,23?. The van der Waals surface area contributed by atoms with Crippen LogP contribution in [0.25, 0.3) is 0 Å². The number of hydrogen-bond acceptors (Lipinski definition) is 3. The third-order valence-corrected chi connectivity index (χ3v) is 11.3. The summed E-state index contributed by atoms with van der Waals surface area (Å²) in [6.07, 6.45) is 0. The molecule has 2 fully saturated rings. The molecule has 23 heavy (non-hydrogen) atoms. The number of fused-ring (bicyclic) bond motifs is 5. The van der Waals surface area contributed by atoms with Gasteiger partial charge in [-0.1, -0.05) is 50.1 Å². The van der Waals surface area contributed by atoms with Gasteiger partial charge in [-0.2, -0.15) is 0 Å². The fourth-order valence-corrected chi connectivity index (χ4v) is 8.96. The Bertz CT molecular complexity index is 778. The molecule has 5 atom stereocenters. The zero-order valence-corrected chi connectivity index (χ0v) is 16.4. The summed E-state index contributed by atoms with van der Waals surface area (Å²) in [7, 11) is -1.35. The van der Waals surface area contributed by atoms with Crippen molar-refractivity contribution in [2.75, 3.05) is 4.90 Å². The zero-order chi connectivity index (χ0) is 16.7. The summed E-state index contributed by atoms with van der Waals surface area (Å²) < 4.78 is 12.8. The molecule has 3 heterocycles. The largest absolute Gasteiger partial charge is 0.274 e. The van der Waals surface area contributed by atoms with Crippen molar-refractivity contribution in [2.24, 2.45) is 11.8 Å². The van der Waals surface area contributed by atoms with Gasteiger partial charge in [-0.25, -0.2) is 4.90 Å². The Morgan fingerprint density at radius 3 is 1.83 bits per heavy atom. The van der Waals surface area contributed by atoms with E-state index in [4.69, 9.17) is 0 Å². The number of anilines is 1. The first-order chi connectivity index (χ1) is 10.8. The maximum atomic E-state index is 13.1. The molecule has 2 saturated heterocycles. The maximum Gasteiger partial charge on any atom is 0.239 e. The first-order valence-corrected chi connectivity index (χ1v) is 9.92. The van der Waals surface area contributed by atoms with E-state index in [-0.39, 0.29) is 11.8 Å². The Morgan fingerprint density at radius 1 is 0.957 bits per heavy atom. The lowest BCUT2D eigenvalue weighted by Gasteiger charge is -2.29. The van der Waals surface area contributed by atoms with Crippen LogP contribution in [-0.2, 0) is 20.4 Å². The predicted molar refractivity (Wildman–Crippen MR) is 95.7 cm³/mol. The van der Waals surface area contributed by atoms with Crippen LogP contribution in [0.5, 0.6) is 0 Å². The highest BCUT2D eigenvalue weighted by molar-refractivity contribution is 9.14. The lowest BCUT2D eigenvalue weighted by atomic mass is 9.73. The number of hydrogen-bond donors (Lipinski definition) is 0. The number of imide groups is 1. The van der Waals surface area contributed by atoms with Crippen molar-refractivity contribution in [3.05, 3.63) is 39.3 Å². The quantitative estimate of drug-likeness (QED) is 0.607. The Kier molecular flexibility index (Phi) is 3.17. The van der Waals surface area contributed by atoms with E-state index in [1.165, 1.54) is 4.90 Å². The first kappa shape index (κ1) is 15.7. The van der Waals surface area contributed by atoms with Crippen molar-refractivity contribution in [1.82, 2.24) is 0 Å². The average molecular weight is 459 g/mol. The number of nitrogens with zero attached hydrogens (tertiary/aromatic N) is 1. The van der Waals surface area contributed by atoms with Gasteiger partial charge in [-0.05, 0) is 26.0 Å². The molecule has 0 spiro atoms. The Hall–Kier alpha value is -0.790. The van der Waals surface area contributed by atoms with Gasteiger partial charge in [0.05, 0.1) is 27.0 Å². The number of para-hydroxylation sites is 1. The number of halogens is 2. The van der Waals surface area contributed by atoms with E-state index in [1.54, 1.807) is 24.3 Å². The van der Waals surface area contributed by atoms with E-state index in [0.717, 1.165) is 8.96 Å². The van der Waals surface area contributed by atoms with Crippen LogP contribution >= 0.6 is 31.9 Å². The van der Waals surface area contributed by atoms with Gasteiger partial charge in [0, 0.05) is 19.8 Å². The first-order valence-electron chi connectivity index (χ1n) is 7.18. The predicted octanol–water partition coefficient (Wildman–Crippen LogP) is 3.09. The van der Waals surface area contributed by atoms with Crippen molar-refractivity contribution in [3.63, 3.8) is 0 Å². The van der Waals surface area contributed by atoms with Gasteiger partial charge in [-0.3, -0.25) is 13.8 Å². The van der Waals surface area contributed by atoms with Gasteiger partial charge in [0.1, 0.15) is 0 Å². The monoisotopic (exact) mass is 457 g/mol. The van der Waals surface area contributed by atoms with Gasteiger partial charge in [0.25, 0.3) is 0 Å². The molecule has 2 bridgehead atoms. The van der Waals surface area contributed by atoms with Crippen molar-refractivity contribution < 1.29 is 13.8 Å². The Labute approximate surface area is 153 Å². The molecule has 0 saturated carbocycles. The van der Waals surface area contributed by atoms with Crippen LogP contribution in [0.15, 0.2) is 39.3 Å². The number of amides is 2. The molecule has 0 aliphatic carbocycles. The maximum absolute atomic E-state index is 13.1. The Balaban J connectivity index is 1.91. The van der Waals surface area contributed by atoms with Gasteiger partial charge in [0.15, 0.2) is 0 Å². The minimum atomic E-state index is -1.35. The highest BCUT2D eigenvalue weighted by Gasteiger charge is 2.78. The molecule has 3 aliphatic heterocycles. The summed E-state index contributed by atoms with van der Waals surface area (Å²) in [6.45, 7) is 3.62. The van der Waals surface area contributed by atoms with Crippen LogP contribution in [0.1, 0.15) is 13.8 Å². The van der Waals surface area contributed by atoms with Crippen molar-refractivity contribution in [1.29, 1.82) is 0 Å². The molecule has 4 rings (SSSR count). The molecule has 1 aromatic rings. The van der Waals surface area contributed by atoms with Gasteiger partial charge >= 0.3 is 0 Å². The van der Waals surface area contributed by atoms with E-state index >= 15 is 0 Å². The van der Waals surface area contributed by atoms with Crippen LogP contribution in [0, 0.1) is 11.8 Å². The summed E-state index contributed by atoms with van der Waals surface area (Å²) >= 11 is 7.02. The van der Waals surface area contributed by atoms with Crippen LogP contribution in [0.3, 0.4) is 0 Å². The fourth-order valence-electron chi connectivity index (χ4n) is 4.15. The highest BCUT2D eigenvalue weighted by Crippen LogP contribution is 2.67. The number of carbonyl (C=O) groups excluding carboxylic acids is 2. The normalized spacial score (nSPS) is 41.9. The summed E-state index contributed by atoms with van der Waals surface area (Å²) in [5, 5.41) is 0. The van der Waals surface area contributed by atoms with Gasteiger partial charge in [0.2, 0.25) is 11.8 Å². The minimum absolute atomic E-state index is 0.261. The second kappa shape index (κ2) is 4.64. The summed E-state index contributed by atoms with van der Waals surface area (Å²) in [5.41, 5.74) is 0.571. The van der Waals surface area contributed by atoms with Gasteiger partial charge < -0.3 is 0 Å². The average Bonchev–Trinajstić information content (AvgIpc) is 2.96. The molecular weight excluding hydrogens is 446 g/mol. The molecule has 3 unspecified atom stereocenters. The molecule has 0 N–H and O–H groups in total.